The number of benzene rings is 2. The largest absolute Gasteiger partial charge is 0.494 e. The van der Waals surface area contributed by atoms with Crippen molar-refractivity contribution in [2.24, 2.45) is 0 Å². The first kappa shape index (κ1) is 17.1. The van der Waals surface area contributed by atoms with E-state index < -0.39 is 0 Å². The molecule has 1 amide bonds. The molecule has 2 aromatic carbocycles. The van der Waals surface area contributed by atoms with E-state index in [2.05, 4.69) is 5.32 Å². The molecule has 0 aliphatic carbocycles. The van der Waals surface area contributed by atoms with Crippen molar-refractivity contribution < 1.29 is 19.0 Å². The molecule has 0 saturated carbocycles. The van der Waals surface area contributed by atoms with Gasteiger partial charge in [0.2, 0.25) is 5.91 Å². The maximum atomic E-state index is 11.7. The van der Waals surface area contributed by atoms with Gasteiger partial charge in [-0.25, -0.2) is 0 Å². The molecule has 6 heteroatoms. The van der Waals surface area contributed by atoms with Crippen LogP contribution in [0.25, 0.3) is 0 Å². The van der Waals surface area contributed by atoms with E-state index in [0.29, 0.717) is 28.8 Å². The number of carbonyl (C=O) groups is 1. The van der Waals surface area contributed by atoms with Gasteiger partial charge >= 0.3 is 0 Å². The summed E-state index contributed by atoms with van der Waals surface area (Å²) in [4.78, 5) is 11.7. The van der Waals surface area contributed by atoms with Gasteiger partial charge in [-0.1, -0.05) is 11.6 Å². The lowest BCUT2D eigenvalue weighted by Crippen LogP contribution is -2.17. The van der Waals surface area contributed by atoms with Crippen molar-refractivity contribution in [1.82, 2.24) is 0 Å². The maximum absolute atomic E-state index is 11.7. The molecule has 1 N–H and O–H groups in total. The lowest BCUT2D eigenvalue weighted by molar-refractivity contribution is -0.119. The van der Waals surface area contributed by atoms with E-state index in [1.54, 1.807) is 30.3 Å². The van der Waals surface area contributed by atoms with Crippen LogP contribution in [-0.2, 0) is 9.53 Å². The monoisotopic (exact) mass is 335 g/mol. The normalized spacial score (nSPS) is 10.2. The molecule has 0 saturated heterocycles. The van der Waals surface area contributed by atoms with Crippen LogP contribution in [0.5, 0.6) is 17.2 Å². The van der Waals surface area contributed by atoms with Gasteiger partial charge in [0, 0.05) is 12.1 Å². The van der Waals surface area contributed by atoms with Crippen LogP contribution in [0.3, 0.4) is 0 Å². The minimum Gasteiger partial charge on any atom is -0.494 e. The van der Waals surface area contributed by atoms with Crippen molar-refractivity contribution in [3.05, 3.63) is 47.5 Å². The Kier molecular flexibility index (Phi) is 6.26. The first-order valence-corrected chi connectivity index (χ1v) is 7.49. The minimum atomic E-state index is -0.286. The highest BCUT2D eigenvalue weighted by atomic mass is 35.5. The molecule has 23 heavy (non-hydrogen) atoms. The average molecular weight is 336 g/mol. The van der Waals surface area contributed by atoms with Gasteiger partial charge < -0.3 is 19.5 Å². The Morgan fingerprint density at radius 1 is 1.13 bits per heavy atom. The van der Waals surface area contributed by atoms with Crippen LogP contribution in [0, 0.1) is 0 Å². The number of halogens is 1. The molecular formula is C17H18ClNO4. The van der Waals surface area contributed by atoms with Gasteiger partial charge in [0.1, 0.15) is 18.1 Å². The summed E-state index contributed by atoms with van der Waals surface area (Å²) in [6.07, 6.45) is 0. The average Bonchev–Trinajstić information content (AvgIpc) is 2.52. The van der Waals surface area contributed by atoms with Gasteiger partial charge in [-0.15, -0.1) is 0 Å². The van der Waals surface area contributed by atoms with Crippen molar-refractivity contribution in [2.75, 3.05) is 25.6 Å². The SMILES string of the molecule is CCOc1ccc(Oc2ccc(Cl)cc2NC(=O)COC)cc1. The van der Waals surface area contributed by atoms with Crippen molar-refractivity contribution in [3.8, 4) is 17.2 Å². The quantitative estimate of drug-likeness (QED) is 0.827. The fourth-order valence-corrected chi connectivity index (χ4v) is 2.08. The molecule has 0 aliphatic rings. The van der Waals surface area contributed by atoms with Crippen LogP contribution >= 0.6 is 11.6 Å². The Hall–Kier alpha value is -2.24. The van der Waals surface area contributed by atoms with E-state index in [-0.39, 0.29) is 12.5 Å². The van der Waals surface area contributed by atoms with Gasteiger partial charge in [0.25, 0.3) is 0 Å². The molecule has 0 aliphatic heterocycles. The van der Waals surface area contributed by atoms with Gasteiger partial charge in [0.05, 0.1) is 12.3 Å². The second-order valence-corrected chi connectivity index (χ2v) is 5.06. The van der Waals surface area contributed by atoms with Gasteiger partial charge in [-0.05, 0) is 49.4 Å². The van der Waals surface area contributed by atoms with Gasteiger partial charge in [-0.3, -0.25) is 4.79 Å². The number of hydrogen-bond acceptors (Lipinski definition) is 4. The molecule has 2 aromatic rings. The lowest BCUT2D eigenvalue weighted by atomic mass is 10.2. The van der Waals surface area contributed by atoms with E-state index in [4.69, 9.17) is 25.8 Å². The molecule has 0 heterocycles. The van der Waals surface area contributed by atoms with Crippen LogP contribution in [-0.4, -0.2) is 26.2 Å². The highest BCUT2D eigenvalue weighted by molar-refractivity contribution is 6.31. The molecular weight excluding hydrogens is 318 g/mol. The number of hydrogen-bond donors (Lipinski definition) is 1. The Morgan fingerprint density at radius 2 is 1.83 bits per heavy atom. The Labute approximate surface area is 140 Å². The molecule has 0 atom stereocenters. The fraction of sp³-hybridized carbons (Fsp3) is 0.235. The zero-order valence-corrected chi connectivity index (χ0v) is 13.7. The fourth-order valence-electron chi connectivity index (χ4n) is 1.90. The molecule has 0 bridgehead atoms. The van der Waals surface area contributed by atoms with Crippen LogP contribution in [0.4, 0.5) is 5.69 Å². The lowest BCUT2D eigenvalue weighted by Gasteiger charge is -2.13. The van der Waals surface area contributed by atoms with Crippen molar-refractivity contribution >= 4 is 23.2 Å². The summed E-state index contributed by atoms with van der Waals surface area (Å²) in [5.74, 6) is 1.59. The number of ether oxygens (including phenoxy) is 3. The summed E-state index contributed by atoms with van der Waals surface area (Å²) >= 11 is 5.98. The van der Waals surface area contributed by atoms with Crippen LogP contribution < -0.4 is 14.8 Å². The summed E-state index contributed by atoms with van der Waals surface area (Å²) in [6, 6.07) is 12.2. The second-order valence-electron chi connectivity index (χ2n) is 4.63. The second kappa shape index (κ2) is 8.41. The number of anilines is 1. The topological polar surface area (TPSA) is 56.8 Å². The van der Waals surface area contributed by atoms with Crippen molar-refractivity contribution in [2.45, 2.75) is 6.92 Å². The first-order valence-electron chi connectivity index (χ1n) is 7.11. The Balaban J connectivity index is 2.16. The predicted molar refractivity (Wildman–Crippen MR) is 89.6 cm³/mol. The van der Waals surface area contributed by atoms with E-state index in [9.17, 15) is 4.79 Å². The van der Waals surface area contributed by atoms with Gasteiger partial charge in [-0.2, -0.15) is 0 Å². The summed E-state index contributed by atoms with van der Waals surface area (Å²) in [6.45, 7) is 2.48. The zero-order valence-electron chi connectivity index (χ0n) is 13.0. The minimum absolute atomic E-state index is 0.0466. The third-order valence-electron chi connectivity index (χ3n) is 2.85. The van der Waals surface area contributed by atoms with E-state index in [1.807, 2.05) is 19.1 Å². The van der Waals surface area contributed by atoms with Crippen LogP contribution in [0.1, 0.15) is 6.92 Å². The van der Waals surface area contributed by atoms with E-state index >= 15 is 0 Å². The number of amides is 1. The molecule has 0 spiro atoms. The standard InChI is InChI=1S/C17H18ClNO4/c1-3-22-13-5-7-14(8-6-13)23-16-9-4-12(18)10-15(16)19-17(20)11-21-2/h4-10H,3,11H2,1-2H3,(H,19,20). The number of rotatable bonds is 7. The summed E-state index contributed by atoms with van der Waals surface area (Å²) < 4.78 is 16.0. The molecule has 2 rings (SSSR count). The molecule has 122 valence electrons. The predicted octanol–water partition coefficient (Wildman–Crippen LogP) is 4.12. The van der Waals surface area contributed by atoms with E-state index in [1.165, 1.54) is 7.11 Å². The highest BCUT2D eigenvalue weighted by Gasteiger charge is 2.10. The molecule has 5 nitrogen and oxygen atoms in total. The van der Waals surface area contributed by atoms with Crippen molar-refractivity contribution in [3.63, 3.8) is 0 Å². The van der Waals surface area contributed by atoms with E-state index in [0.717, 1.165) is 5.75 Å². The smallest absolute Gasteiger partial charge is 0.250 e. The van der Waals surface area contributed by atoms with Gasteiger partial charge in [0.15, 0.2) is 5.75 Å². The molecule has 0 unspecified atom stereocenters. The van der Waals surface area contributed by atoms with Crippen LogP contribution in [0.2, 0.25) is 5.02 Å². The molecule has 0 aromatic heterocycles. The highest BCUT2D eigenvalue weighted by Crippen LogP contribution is 2.32. The molecule has 0 fully saturated rings. The van der Waals surface area contributed by atoms with Crippen molar-refractivity contribution in [1.29, 1.82) is 0 Å². The number of carbonyl (C=O) groups excluding carboxylic acids is 1. The molecule has 0 radical (unpaired) electrons. The van der Waals surface area contributed by atoms with Crippen LogP contribution in [0.15, 0.2) is 42.5 Å². The third kappa shape index (κ3) is 5.16. The maximum Gasteiger partial charge on any atom is 0.250 e. The first-order chi connectivity index (χ1) is 11.1. The number of methoxy groups -OCH3 is 1. The summed E-state index contributed by atoms with van der Waals surface area (Å²) in [5.41, 5.74) is 0.480. The Morgan fingerprint density at radius 3 is 2.48 bits per heavy atom. The number of nitrogens with one attached hydrogen (secondary N) is 1. The third-order valence-corrected chi connectivity index (χ3v) is 3.09. The summed E-state index contributed by atoms with van der Waals surface area (Å²) in [5, 5.41) is 3.20. The summed E-state index contributed by atoms with van der Waals surface area (Å²) in [7, 11) is 1.45. The Bertz CT molecular complexity index is 658. The zero-order chi connectivity index (χ0) is 16.7.